The number of nitrogens with zero attached hydrogens (tertiary/aromatic N) is 1. The fourth-order valence-electron chi connectivity index (χ4n) is 2.78. The number of carbonyl (C=O) groups is 1. The van der Waals surface area contributed by atoms with Crippen LogP contribution in [0, 0.1) is 0 Å². The van der Waals surface area contributed by atoms with Crippen LogP contribution in [-0.2, 0) is 0 Å². The van der Waals surface area contributed by atoms with E-state index in [1.54, 1.807) is 48.5 Å². The molecular formula is C19H18N2O3. The molecule has 5 heteroatoms. The minimum atomic E-state index is -0.621. The number of nitrogens with one attached hydrogen (secondary N) is 1. The largest absolute Gasteiger partial charge is 0.506 e. The molecule has 5 nitrogen and oxygen atoms in total. The second kappa shape index (κ2) is 6.20. The van der Waals surface area contributed by atoms with Gasteiger partial charge in [-0.1, -0.05) is 30.3 Å². The molecule has 0 aliphatic rings. The van der Waals surface area contributed by atoms with Gasteiger partial charge in [0.05, 0.1) is 5.52 Å². The van der Waals surface area contributed by atoms with E-state index in [1.165, 1.54) is 4.57 Å². The van der Waals surface area contributed by atoms with Crippen molar-refractivity contribution >= 4 is 22.5 Å². The second-order valence-corrected chi connectivity index (χ2v) is 5.83. The summed E-state index contributed by atoms with van der Waals surface area (Å²) in [7, 11) is 0. The van der Waals surface area contributed by atoms with Gasteiger partial charge in [-0.2, -0.15) is 0 Å². The summed E-state index contributed by atoms with van der Waals surface area (Å²) in [4.78, 5) is 25.4. The summed E-state index contributed by atoms with van der Waals surface area (Å²) in [6, 6.07) is 15.7. The third-order valence-electron chi connectivity index (χ3n) is 3.86. The average Bonchev–Trinajstić information content (AvgIpc) is 2.55. The van der Waals surface area contributed by atoms with Crippen LogP contribution < -0.4 is 10.9 Å². The van der Waals surface area contributed by atoms with E-state index < -0.39 is 11.5 Å². The molecule has 2 aromatic carbocycles. The summed E-state index contributed by atoms with van der Waals surface area (Å²) < 4.78 is 1.52. The molecule has 0 saturated heterocycles. The van der Waals surface area contributed by atoms with Crippen LogP contribution in [0.2, 0.25) is 0 Å². The highest BCUT2D eigenvalue weighted by Crippen LogP contribution is 2.28. The predicted molar refractivity (Wildman–Crippen MR) is 94.7 cm³/mol. The predicted octanol–water partition coefficient (Wildman–Crippen LogP) is 3.54. The van der Waals surface area contributed by atoms with Crippen molar-refractivity contribution in [2.45, 2.75) is 19.9 Å². The van der Waals surface area contributed by atoms with E-state index in [0.717, 1.165) is 0 Å². The smallest absolute Gasteiger partial charge is 0.267 e. The number of hydrogen-bond acceptors (Lipinski definition) is 3. The summed E-state index contributed by atoms with van der Waals surface area (Å²) >= 11 is 0. The van der Waals surface area contributed by atoms with E-state index in [9.17, 15) is 14.7 Å². The van der Waals surface area contributed by atoms with Gasteiger partial charge in [0.15, 0.2) is 0 Å². The molecule has 24 heavy (non-hydrogen) atoms. The maximum Gasteiger partial charge on any atom is 0.267 e. The van der Waals surface area contributed by atoms with E-state index >= 15 is 0 Å². The van der Waals surface area contributed by atoms with E-state index in [-0.39, 0.29) is 17.4 Å². The first kappa shape index (κ1) is 15.8. The van der Waals surface area contributed by atoms with Crippen molar-refractivity contribution in [3.8, 4) is 5.75 Å². The van der Waals surface area contributed by atoms with Crippen LogP contribution >= 0.6 is 0 Å². The highest BCUT2D eigenvalue weighted by molar-refractivity contribution is 6.09. The zero-order valence-electron chi connectivity index (χ0n) is 13.5. The molecule has 3 rings (SSSR count). The number of hydrogen-bond donors (Lipinski definition) is 2. The van der Waals surface area contributed by atoms with Gasteiger partial charge in [-0.3, -0.25) is 9.59 Å². The molecule has 1 heterocycles. The molecule has 3 aromatic rings. The molecule has 122 valence electrons. The fourth-order valence-corrected chi connectivity index (χ4v) is 2.78. The van der Waals surface area contributed by atoms with E-state index in [1.807, 2.05) is 19.9 Å². The van der Waals surface area contributed by atoms with Crippen LogP contribution in [-0.4, -0.2) is 15.6 Å². The first-order chi connectivity index (χ1) is 11.5. The second-order valence-electron chi connectivity index (χ2n) is 5.83. The van der Waals surface area contributed by atoms with Gasteiger partial charge in [-0.05, 0) is 38.1 Å². The third kappa shape index (κ3) is 2.65. The van der Waals surface area contributed by atoms with Crippen LogP contribution in [0.3, 0.4) is 0 Å². The Balaban J connectivity index is 2.21. The number of carbonyl (C=O) groups excluding carboxylic acids is 1. The molecule has 0 aliphatic carbocycles. The quantitative estimate of drug-likeness (QED) is 0.775. The summed E-state index contributed by atoms with van der Waals surface area (Å²) in [5.41, 5.74) is 0.415. The molecule has 2 N–H and O–H groups in total. The lowest BCUT2D eigenvalue weighted by Crippen LogP contribution is -2.30. The van der Waals surface area contributed by atoms with Crippen LogP contribution in [0.5, 0.6) is 5.75 Å². The number of benzene rings is 2. The summed E-state index contributed by atoms with van der Waals surface area (Å²) in [5.74, 6) is -0.912. The Morgan fingerprint density at radius 2 is 1.67 bits per heavy atom. The molecule has 0 radical (unpaired) electrons. The van der Waals surface area contributed by atoms with Crippen LogP contribution in [0.15, 0.2) is 59.4 Å². The maximum atomic E-state index is 12.8. The number of fused-ring (bicyclic) bond motifs is 1. The summed E-state index contributed by atoms with van der Waals surface area (Å²) in [6.45, 7) is 3.73. The molecule has 1 amide bonds. The first-order valence-corrected chi connectivity index (χ1v) is 7.73. The molecule has 0 saturated carbocycles. The molecular weight excluding hydrogens is 304 g/mol. The zero-order chi connectivity index (χ0) is 17.3. The van der Waals surface area contributed by atoms with Crippen molar-refractivity contribution in [1.82, 2.24) is 4.57 Å². The molecule has 1 aromatic heterocycles. The number of aromatic hydroxyl groups is 1. The van der Waals surface area contributed by atoms with Gasteiger partial charge in [0.1, 0.15) is 11.3 Å². The lowest BCUT2D eigenvalue weighted by Gasteiger charge is -2.17. The van der Waals surface area contributed by atoms with Crippen molar-refractivity contribution < 1.29 is 9.90 Å². The van der Waals surface area contributed by atoms with Crippen molar-refractivity contribution in [2.75, 3.05) is 5.32 Å². The molecule has 0 unspecified atom stereocenters. The summed E-state index contributed by atoms with van der Waals surface area (Å²) in [6.07, 6.45) is 0. The Bertz CT molecular complexity index is 960. The maximum absolute atomic E-state index is 12.8. The van der Waals surface area contributed by atoms with Crippen molar-refractivity contribution in [3.05, 3.63) is 70.5 Å². The van der Waals surface area contributed by atoms with Crippen LogP contribution in [0.1, 0.15) is 30.2 Å². The van der Waals surface area contributed by atoms with Crippen LogP contribution in [0.4, 0.5) is 5.69 Å². The number of aromatic nitrogens is 1. The number of para-hydroxylation sites is 2. The zero-order valence-corrected chi connectivity index (χ0v) is 13.5. The first-order valence-electron chi connectivity index (χ1n) is 7.73. The average molecular weight is 322 g/mol. The molecule has 0 bridgehead atoms. The van der Waals surface area contributed by atoms with Gasteiger partial charge < -0.3 is 15.0 Å². The lowest BCUT2D eigenvalue weighted by molar-refractivity contribution is 0.102. The monoisotopic (exact) mass is 322 g/mol. The number of anilines is 1. The van der Waals surface area contributed by atoms with Gasteiger partial charge in [0.2, 0.25) is 0 Å². The third-order valence-corrected chi connectivity index (χ3v) is 3.86. The topological polar surface area (TPSA) is 71.3 Å². The Kier molecular flexibility index (Phi) is 4.08. The highest BCUT2D eigenvalue weighted by atomic mass is 16.3. The Morgan fingerprint density at radius 1 is 1.04 bits per heavy atom. The van der Waals surface area contributed by atoms with E-state index in [0.29, 0.717) is 16.6 Å². The number of pyridine rings is 1. The Labute approximate surface area is 139 Å². The SMILES string of the molecule is CC(C)n1c(=O)c(C(=O)Nc2ccccc2)c(O)c2ccccc21. The molecule has 0 fully saturated rings. The van der Waals surface area contributed by atoms with Gasteiger partial charge in [-0.25, -0.2) is 0 Å². The minimum absolute atomic E-state index is 0.147. The number of rotatable bonds is 3. The van der Waals surface area contributed by atoms with Gasteiger partial charge in [0, 0.05) is 17.1 Å². The normalized spacial score (nSPS) is 11.0. The Morgan fingerprint density at radius 3 is 2.33 bits per heavy atom. The van der Waals surface area contributed by atoms with E-state index in [4.69, 9.17) is 0 Å². The Hall–Kier alpha value is -3.08. The van der Waals surface area contributed by atoms with E-state index in [2.05, 4.69) is 5.32 Å². The van der Waals surface area contributed by atoms with Crippen LogP contribution in [0.25, 0.3) is 10.9 Å². The van der Waals surface area contributed by atoms with Gasteiger partial charge in [0.25, 0.3) is 11.5 Å². The number of amides is 1. The fraction of sp³-hybridized carbons (Fsp3) is 0.158. The van der Waals surface area contributed by atoms with Gasteiger partial charge in [-0.15, -0.1) is 0 Å². The molecule has 0 atom stereocenters. The van der Waals surface area contributed by atoms with Crippen molar-refractivity contribution in [2.24, 2.45) is 0 Å². The van der Waals surface area contributed by atoms with Gasteiger partial charge >= 0.3 is 0 Å². The lowest BCUT2D eigenvalue weighted by atomic mass is 10.1. The molecule has 0 spiro atoms. The minimum Gasteiger partial charge on any atom is -0.506 e. The molecule has 0 aliphatic heterocycles. The standard InChI is InChI=1S/C19H18N2O3/c1-12(2)21-15-11-7-6-10-14(15)17(22)16(19(21)24)18(23)20-13-8-4-3-5-9-13/h3-12,22H,1-2H3,(H,20,23). The summed E-state index contributed by atoms with van der Waals surface area (Å²) in [5, 5.41) is 13.6. The highest BCUT2D eigenvalue weighted by Gasteiger charge is 2.23. The van der Waals surface area contributed by atoms with Crippen molar-refractivity contribution in [3.63, 3.8) is 0 Å². The van der Waals surface area contributed by atoms with Crippen molar-refractivity contribution in [1.29, 1.82) is 0 Å².